The van der Waals surface area contributed by atoms with Crippen molar-refractivity contribution in [1.82, 2.24) is 14.7 Å². The zero-order valence-electron chi connectivity index (χ0n) is 16.7. The average Bonchev–Trinajstić information content (AvgIpc) is 3.49. The molecule has 0 fully saturated rings. The van der Waals surface area contributed by atoms with Crippen LogP contribution >= 0.6 is 0 Å². The molecular formula is C23H18N4O4. The summed E-state index contributed by atoms with van der Waals surface area (Å²) in [6, 6.07) is 15.1. The molecule has 154 valence electrons. The summed E-state index contributed by atoms with van der Waals surface area (Å²) in [5.41, 5.74) is 3.97. The van der Waals surface area contributed by atoms with Gasteiger partial charge >= 0.3 is 5.97 Å². The first kappa shape index (κ1) is 18.9. The summed E-state index contributed by atoms with van der Waals surface area (Å²) in [4.78, 5) is 15.7. The lowest BCUT2D eigenvalue weighted by Crippen LogP contribution is -2.02. The number of carboxylic acids is 1. The predicted molar refractivity (Wildman–Crippen MR) is 112 cm³/mol. The van der Waals surface area contributed by atoms with Crippen molar-refractivity contribution in [1.29, 1.82) is 5.26 Å². The molecule has 1 atom stereocenters. The van der Waals surface area contributed by atoms with Crippen LogP contribution in [-0.2, 0) is 11.3 Å². The molecule has 2 aromatic carbocycles. The second-order valence-corrected chi connectivity index (χ2v) is 7.56. The van der Waals surface area contributed by atoms with Crippen molar-refractivity contribution in [2.75, 3.05) is 7.11 Å². The van der Waals surface area contributed by atoms with Gasteiger partial charge in [-0.25, -0.2) is 0 Å². The van der Waals surface area contributed by atoms with E-state index in [0.29, 0.717) is 28.6 Å². The smallest absolute Gasteiger partial charge is 0.304 e. The number of carbonyl (C=O) groups is 1. The molecule has 0 saturated heterocycles. The highest BCUT2D eigenvalue weighted by Gasteiger charge is 2.27. The Morgan fingerprint density at radius 3 is 2.94 bits per heavy atom. The van der Waals surface area contributed by atoms with Crippen LogP contribution in [0.15, 0.2) is 47.0 Å². The van der Waals surface area contributed by atoms with Crippen LogP contribution in [0.2, 0.25) is 0 Å². The Morgan fingerprint density at radius 2 is 2.16 bits per heavy atom. The maximum Gasteiger partial charge on any atom is 0.304 e. The van der Waals surface area contributed by atoms with Gasteiger partial charge in [-0.3, -0.25) is 4.79 Å². The van der Waals surface area contributed by atoms with Crippen LogP contribution < -0.4 is 4.74 Å². The summed E-state index contributed by atoms with van der Waals surface area (Å²) in [6.45, 7) is 0.819. The third-order valence-electron chi connectivity index (χ3n) is 5.68. The monoisotopic (exact) mass is 414 g/mol. The van der Waals surface area contributed by atoms with Gasteiger partial charge in [-0.1, -0.05) is 5.16 Å². The van der Waals surface area contributed by atoms with E-state index >= 15 is 0 Å². The Labute approximate surface area is 177 Å². The minimum atomic E-state index is -0.777. The molecule has 0 saturated carbocycles. The summed E-state index contributed by atoms with van der Waals surface area (Å²) in [5, 5.41) is 23.5. The topological polar surface area (TPSA) is 114 Å². The Balaban J connectivity index is 1.50. The Bertz CT molecular complexity index is 1360. The zero-order chi connectivity index (χ0) is 21.5. The quantitative estimate of drug-likeness (QED) is 0.520. The number of aryl methyl sites for hydroxylation is 1. The van der Waals surface area contributed by atoms with Crippen LogP contribution in [-0.4, -0.2) is 32.9 Å². The molecule has 2 aromatic heterocycles. The molecule has 3 heterocycles. The number of nitrogens with zero attached hydrogens (tertiary/aromatic N) is 4. The number of ether oxygens (including phenoxy) is 1. The van der Waals surface area contributed by atoms with Crippen molar-refractivity contribution < 1.29 is 19.2 Å². The van der Waals surface area contributed by atoms with E-state index in [1.807, 2.05) is 18.2 Å². The molecule has 1 aliphatic heterocycles. The molecule has 0 amide bonds. The minimum absolute atomic E-state index is 0.0347. The number of hydrogen-bond acceptors (Lipinski definition) is 6. The van der Waals surface area contributed by atoms with Crippen LogP contribution in [0, 0.1) is 11.3 Å². The third-order valence-corrected chi connectivity index (χ3v) is 5.68. The molecule has 0 bridgehead atoms. The van der Waals surface area contributed by atoms with E-state index in [9.17, 15) is 10.1 Å². The van der Waals surface area contributed by atoms with Gasteiger partial charge in [0.05, 0.1) is 25.2 Å². The number of carboxylic acid groups (broad SMARTS) is 1. The fourth-order valence-electron chi connectivity index (χ4n) is 4.23. The number of fused-ring (bicyclic) bond motifs is 3. The molecule has 0 aliphatic carbocycles. The highest BCUT2D eigenvalue weighted by Crippen LogP contribution is 2.37. The van der Waals surface area contributed by atoms with E-state index in [1.54, 1.807) is 18.2 Å². The summed E-state index contributed by atoms with van der Waals surface area (Å²) in [5.74, 6) is 0.529. The van der Waals surface area contributed by atoms with Gasteiger partial charge in [-0.15, -0.1) is 0 Å². The summed E-state index contributed by atoms with van der Waals surface area (Å²) >= 11 is 0. The van der Waals surface area contributed by atoms with Crippen LogP contribution in [0.4, 0.5) is 0 Å². The van der Waals surface area contributed by atoms with E-state index in [-0.39, 0.29) is 12.3 Å². The van der Waals surface area contributed by atoms with Gasteiger partial charge in [0, 0.05) is 40.2 Å². The zero-order valence-corrected chi connectivity index (χ0v) is 16.7. The second-order valence-electron chi connectivity index (χ2n) is 7.56. The fourth-order valence-corrected chi connectivity index (χ4v) is 4.23. The second kappa shape index (κ2) is 7.29. The highest BCUT2D eigenvalue weighted by molar-refractivity contribution is 5.86. The molecule has 1 aliphatic rings. The number of aromatic nitrogens is 3. The molecule has 8 heteroatoms. The number of rotatable bonds is 5. The Kier molecular flexibility index (Phi) is 4.44. The summed E-state index contributed by atoms with van der Waals surface area (Å²) in [6.07, 6.45) is 0.987. The van der Waals surface area contributed by atoms with Gasteiger partial charge in [0.1, 0.15) is 5.75 Å². The molecule has 8 nitrogen and oxygen atoms in total. The van der Waals surface area contributed by atoms with Crippen LogP contribution in [0.25, 0.3) is 33.7 Å². The van der Waals surface area contributed by atoms with Gasteiger partial charge in [0.15, 0.2) is 0 Å². The maximum absolute atomic E-state index is 11.2. The number of benzene rings is 2. The van der Waals surface area contributed by atoms with Gasteiger partial charge < -0.3 is 18.9 Å². The number of hydrogen-bond donors (Lipinski definition) is 1. The average molecular weight is 414 g/mol. The number of aliphatic carboxylic acids is 1. The fraction of sp³-hybridized carbons (Fsp3) is 0.217. The summed E-state index contributed by atoms with van der Waals surface area (Å²) < 4.78 is 12.9. The first-order chi connectivity index (χ1) is 15.1. The van der Waals surface area contributed by atoms with Gasteiger partial charge in [0.2, 0.25) is 5.82 Å². The van der Waals surface area contributed by atoms with E-state index in [2.05, 4.69) is 26.8 Å². The van der Waals surface area contributed by atoms with E-state index in [0.717, 1.165) is 35.1 Å². The molecule has 4 aromatic rings. The van der Waals surface area contributed by atoms with Crippen molar-refractivity contribution in [3.05, 3.63) is 53.7 Å². The molecule has 5 rings (SSSR count). The molecule has 1 unspecified atom stereocenters. The van der Waals surface area contributed by atoms with Crippen LogP contribution in [0.3, 0.4) is 0 Å². The highest BCUT2D eigenvalue weighted by atomic mass is 16.5. The lowest BCUT2D eigenvalue weighted by atomic mass is 10.0. The van der Waals surface area contributed by atoms with E-state index in [1.165, 1.54) is 7.11 Å². The van der Waals surface area contributed by atoms with Crippen molar-refractivity contribution >= 4 is 16.9 Å². The van der Waals surface area contributed by atoms with Crippen molar-refractivity contribution in [3.63, 3.8) is 0 Å². The van der Waals surface area contributed by atoms with Crippen LogP contribution in [0.5, 0.6) is 5.75 Å². The van der Waals surface area contributed by atoms with Gasteiger partial charge in [0.25, 0.3) is 5.89 Å². The molecular weight excluding hydrogens is 396 g/mol. The summed E-state index contributed by atoms with van der Waals surface area (Å²) in [7, 11) is 1.53. The van der Waals surface area contributed by atoms with Crippen LogP contribution in [0.1, 0.15) is 30.0 Å². The maximum atomic E-state index is 11.2. The number of methoxy groups -OCH3 is 1. The molecule has 0 radical (unpaired) electrons. The van der Waals surface area contributed by atoms with Crippen molar-refractivity contribution in [2.24, 2.45) is 0 Å². The Morgan fingerprint density at radius 1 is 1.29 bits per heavy atom. The molecule has 31 heavy (non-hydrogen) atoms. The third kappa shape index (κ3) is 3.30. The molecule has 0 spiro atoms. The normalized spacial score (nSPS) is 15.0. The van der Waals surface area contributed by atoms with Gasteiger partial charge in [-0.2, -0.15) is 10.2 Å². The number of nitriles is 1. The molecule has 1 N–H and O–H groups in total. The minimum Gasteiger partial charge on any atom is -0.497 e. The first-order valence-corrected chi connectivity index (χ1v) is 9.84. The first-order valence-electron chi connectivity index (χ1n) is 9.84. The standard InChI is InChI=1S/C23H18N4O4/c1-30-18-7-13(12-24)6-17(9-18)23-25-22(26-31-23)15-2-3-19-16(8-15)10-20-14(11-21(28)29)4-5-27(19)20/h2-3,6-10,14H,4-5,11H2,1H3,(H,28,29). The van der Waals surface area contributed by atoms with E-state index < -0.39 is 5.97 Å². The van der Waals surface area contributed by atoms with Crippen molar-refractivity contribution in [2.45, 2.75) is 25.3 Å². The van der Waals surface area contributed by atoms with Gasteiger partial charge in [-0.05, 0) is 48.9 Å². The largest absolute Gasteiger partial charge is 0.497 e. The van der Waals surface area contributed by atoms with E-state index in [4.69, 9.17) is 14.4 Å². The van der Waals surface area contributed by atoms with Crippen molar-refractivity contribution in [3.8, 4) is 34.7 Å². The predicted octanol–water partition coefficient (Wildman–Crippen LogP) is 4.20. The SMILES string of the molecule is COc1cc(C#N)cc(-c2nc(-c3ccc4c(c3)cc3n4CCC3CC(=O)O)no2)c1. The Hall–Kier alpha value is -4.12. The lowest BCUT2D eigenvalue weighted by Gasteiger charge is -2.04. The lowest BCUT2D eigenvalue weighted by molar-refractivity contribution is -0.137.